The predicted molar refractivity (Wildman–Crippen MR) is 122 cm³/mol. The number of thioether (sulfide) groups is 1. The maximum Gasteiger partial charge on any atom is 0.233 e. The maximum atomic E-state index is 12.9. The fourth-order valence-electron chi connectivity index (χ4n) is 3.73. The van der Waals surface area contributed by atoms with Crippen LogP contribution in [0.3, 0.4) is 0 Å². The first-order valence-electron chi connectivity index (χ1n) is 10.7. The number of likely N-dealkylation sites (tertiary alicyclic amines) is 1. The van der Waals surface area contributed by atoms with Gasteiger partial charge in [0.05, 0.1) is 12.9 Å². The summed E-state index contributed by atoms with van der Waals surface area (Å²) in [6.45, 7) is 1.71. The normalized spacial score (nSPS) is 14.7. The standard InChI is InChI=1S/C23H27N5O2S/c1-30-20-9-7-19(8-10-20)28-22(18-11-13-24-14-12-18)25-26-23(28)31-17-21(29)27-15-5-3-2-4-6-16-27/h7-14H,2-6,15-17H2,1H3. The molecule has 1 aliphatic heterocycles. The summed E-state index contributed by atoms with van der Waals surface area (Å²) in [5, 5.41) is 9.54. The molecule has 0 N–H and O–H groups in total. The van der Waals surface area contributed by atoms with E-state index in [1.165, 1.54) is 31.0 Å². The summed E-state index contributed by atoms with van der Waals surface area (Å²) in [7, 11) is 1.65. The molecule has 2 aromatic heterocycles. The summed E-state index contributed by atoms with van der Waals surface area (Å²) in [4.78, 5) is 19.0. The SMILES string of the molecule is COc1ccc(-n2c(SCC(=O)N3CCCCCCC3)nnc2-c2ccncc2)cc1. The summed E-state index contributed by atoms with van der Waals surface area (Å²) in [6.07, 6.45) is 9.34. The number of carbonyl (C=O) groups is 1. The number of methoxy groups -OCH3 is 1. The van der Waals surface area contributed by atoms with Crippen LogP contribution in [0.4, 0.5) is 0 Å². The van der Waals surface area contributed by atoms with Crippen LogP contribution in [-0.4, -0.2) is 56.5 Å². The molecule has 0 unspecified atom stereocenters. The van der Waals surface area contributed by atoms with E-state index in [0.717, 1.165) is 42.9 Å². The lowest BCUT2D eigenvalue weighted by molar-refractivity contribution is -0.128. The zero-order valence-electron chi connectivity index (χ0n) is 17.7. The second-order valence-corrected chi connectivity index (χ2v) is 8.46. The zero-order chi connectivity index (χ0) is 21.5. The Kier molecular flexibility index (Phi) is 7.19. The van der Waals surface area contributed by atoms with Gasteiger partial charge in [-0.2, -0.15) is 0 Å². The lowest BCUT2D eigenvalue weighted by atomic mass is 10.1. The molecule has 0 saturated carbocycles. The second-order valence-electron chi connectivity index (χ2n) is 7.51. The van der Waals surface area contributed by atoms with Gasteiger partial charge in [0.15, 0.2) is 11.0 Å². The van der Waals surface area contributed by atoms with Crippen LogP contribution in [0, 0.1) is 0 Å². The zero-order valence-corrected chi connectivity index (χ0v) is 18.6. The molecule has 0 spiro atoms. The number of rotatable bonds is 6. The third-order valence-corrected chi connectivity index (χ3v) is 6.35. The molecule has 1 saturated heterocycles. The number of aromatic nitrogens is 4. The lowest BCUT2D eigenvalue weighted by Crippen LogP contribution is -2.35. The van der Waals surface area contributed by atoms with Crippen LogP contribution in [-0.2, 0) is 4.79 Å². The molecule has 0 atom stereocenters. The summed E-state index contributed by atoms with van der Waals surface area (Å²) >= 11 is 1.43. The topological polar surface area (TPSA) is 73.1 Å². The highest BCUT2D eigenvalue weighted by molar-refractivity contribution is 7.99. The third kappa shape index (κ3) is 5.25. The van der Waals surface area contributed by atoms with Gasteiger partial charge in [0.1, 0.15) is 5.75 Å². The molecule has 162 valence electrons. The Hall–Kier alpha value is -2.87. The van der Waals surface area contributed by atoms with Crippen molar-refractivity contribution < 1.29 is 9.53 Å². The number of amides is 1. The molecule has 3 heterocycles. The first kappa shape index (κ1) is 21.4. The monoisotopic (exact) mass is 437 g/mol. The molecule has 0 bridgehead atoms. The van der Waals surface area contributed by atoms with E-state index < -0.39 is 0 Å². The average molecular weight is 438 g/mol. The highest BCUT2D eigenvalue weighted by Gasteiger charge is 2.20. The van der Waals surface area contributed by atoms with E-state index in [4.69, 9.17) is 4.74 Å². The van der Waals surface area contributed by atoms with E-state index in [2.05, 4.69) is 15.2 Å². The van der Waals surface area contributed by atoms with Gasteiger partial charge < -0.3 is 9.64 Å². The minimum atomic E-state index is 0.168. The molecule has 0 radical (unpaired) electrons. The summed E-state index contributed by atoms with van der Waals surface area (Å²) in [5.41, 5.74) is 1.83. The Morgan fingerprint density at radius 1 is 0.968 bits per heavy atom. The molecule has 1 aliphatic rings. The Bertz CT molecular complexity index is 983. The Morgan fingerprint density at radius 2 is 1.65 bits per heavy atom. The molecule has 31 heavy (non-hydrogen) atoms. The molecule has 1 amide bonds. The fourth-order valence-corrected chi connectivity index (χ4v) is 4.58. The van der Waals surface area contributed by atoms with Crippen molar-refractivity contribution in [3.05, 3.63) is 48.8 Å². The van der Waals surface area contributed by atoms with Crippen molar-refractivity contribution in [2.24, 2.45) is 0 Å². The molecule has 7 nitrogen and oxygen atoms in total. The first-order chi connectivity index (χ1) is 15.3. The summed E-state index contributed by atoms with van der Waals surface area (Å²) in [6, 6.07) is 11.6. The van der Waals surface area contributed by atoms with Crippen molar-refractivity contribution in [1.82, 2.24) is 24.6 Å². The van der Waals surface area contributed by atoms with Crippen molar-refractivity contribution >= 4 is 17.7 Å². The number of nitrogens with zero attached hydrogens (tertiary/aromatic N) is 5. The molecule has 4 rings (SSSR count). The van der Waals surface area contributed by atoms with Crippen molar-refractivity contribution in [2.45, 2.75) is 37.3 Å². The number of carbonyl (C=O) groups excluding carboxylic acids is 1. The van der Waals surface area contributed by atoms with Crippen molar-refractivity contribution in [2.75, 3.05) is 26.0 Å². The largest absolute Gasteiger partial charge is 0.497 e. The van der Waals surface area contributed by atoms with E-state index in [9.17, 15) is 4.79 Å². The minimum absolute atomic E-state index is 0.168. The van der Waals surface area contributed by atoms with Gasteiger partial charge in [-0.3, -0.25) is 14.3 Å². The van der Waals surface area contributed by atoms with Gasteiger partial charge in [-0.05, 0) is 49.2 Å². The van der Waals surface area contributed by atoms with E-state index in [-0.39, 0.29) is 5.91 Å². The van der Waals surface area contributed by atoms with Gasteiger partial charge in [-0.15, -0.1) is 10.2 Å². The van der Waals surface area contributed by atoms with Crippen LogP contribution in [0.5, 0.6) is 5.75 Å². The van der Waals surface area contributed by atoms with Gasteiger partial charge in [0.2, 0.25) is 5.91 Å². The third-order valence-electron chi connectivity index (χ3n) is 5.44. The van der Waals surface area contributed by atoms with Crippen LogP contribution >= 0.6 is 11.8 Å². The van der Waals surface area contributed by atoms with Crippen LogP contribution in [0.15, 0.2) is 53.9 Å². The van der Waals surface area contributed by atoms with E-state index in [1.54, 1.807) is 19.5 Å². The average Bonchev–Trinajstić information content (AvgIpc) is 3.22. The Balaban J connectivity index is 1.58. The van der Waals surface area contributed by atoms with Gasteiger partial charge in [0.25, 0.3) is 0 Å². The highest BCUT2D eigenvalue weighted by Crippen LogP contribution is 2.29. The number of ether oxygens (including phenoxy) is 1. The van der Waals surface area contributed by atoms with E-state index in [0.29, 0.717) is 16.7 Å². The van der Waals surface area contributed by atoms with Crippen LogP contribution in [0.2, 0.25) is 0 Å². The quantitative estimate of drug-likeness (QED) is 0.538. The van der Waals surface area contributed by atoms with E-state index >= 15 is 0 Å². The Labute approximate surface area is 186 Å². The smallest absolute Gasteiger partial charge is 0.233 e. The molecule has 1 aromatic carbocycles. The lowest BCUT2D eigenvalue weighted by Gasteiger charge is -2.24. The van der Waals surface area contributed by atoms with Crippen molar-refractivity contribution in [3.63, 3.8) is 0 Å². The van der Waals surface area contributed by atoms with Crippen LogP contribution in [0.25, 0.3) is 17.1 Å². The van der Waals surface area contributed by atoms with Crippen LogP contribution in [0.1, 0.15) is 32.1 Å². The predicted octanol–water partition coefficient (Wildman–Crippen LogP) is 4.22. The van der Waals surface area contributed by atoms with Gasteiger partial charge in [0, 0.05) is 36.7 Å². The number of hydrogen-bond donors (Lipinski definition) is 0. The highest BCUT2D eigenvalue weighted by atomic mass is 32.2. The fraction of sp³-hybridized carbons (Fsp3) is 0.391. The summed E-state index contributed by atoms with van der Waals surface area (Å²) in [5.74, 6) is 2.02. The van der Waals surface area contributed by atoms with Crippen molar-refractivity contribution in [3.8, 4) is 22.8 Å². The van der Waals surface area contributed by atoms with Crippen molar-refractivity contribution in [1.29, 1.82) is 0 Å². The Morgan fingerprint density at radius 3 is 2.32 bits per heavy atom. The molecule has 0 aliphatic carbocycles. The molecular weight excluding hydrogens is 410 g/mol. The number of hydrogen-bond acceptors (Lipinski definition) is 6. The first-order valence-corrected chi connectivity index (χ1v) is 11.7. The molecule has 1 fully saturated rings. The minimum Gasteiger partial charge on any atom is -0.497 e. The number of benzene rings is 1. The van der Waals surface area contributed by atoms with Gasteiger partial charge >= 0.3 is 0 Å². The van der Waals surface area contributed by atoms with Gasteiger partial charge in [-0.1, -0.05) is 31.0 Å². The molecule has 8 heteroatoms. The molecular formula is C23H27N5O2S. The maximum absolute atomic E-state index is 12.9. The molecule has 3 aromatic rings. The van der Waals surface area contributed by atoms with Crippen LogP contribution < -0.4 is 4.74 Å². The number of pyridine rings is 1. The van der Waals surface area contributed by atoms with Gasteiger partial charge in [-0.25, -0.2) is 0 Å². The summed E-state index contributed by atoms with van der Waals surface area (Å²) < 4.78 is 7.28. The van der Waals surface area contributed by atoms with E-state index in [1.807, 2.05) is 45.9 Å². The second kappa shape index (κ2) is 10.4.